The van der Waals surface area contributed by atoms with Gasteiger partial charge in [0.25, 0.3) is 0 Å². The monoisotopic (exact) mass is 243 g/mol. The molecule has 4 rings (SSSR count). The Morgan fingerprint density at radius 2 is 1.95 bits per heavy atom. The molecule has 0 aliphatic heterocycles. The molecule has 2 aromatic carbocycles. The number of rotatable bonds is 0. The lowest BCUT2D eigenvalue weighted by molar-refractivity contribution is 0.621. The van der Waals surface area contributed by atoms with E-state index in [1.165, 1.54) is 32.4 Å². The zero-order chi connectivity index (χ0) is 13.0. The van der Waals surface area contributed by atoms with Crippen molar-refractivity contribution in [3.63, 3.8) is 0 Å². The Morgan fingerprint density at radius 3 is 2.84 bits per heavy atom. The van der Waals surface area contributed by atoms with Crippen molar-refractivity contribution >= 4 is 22.4 Å². The summed E-state index contributed by atoms with van der Waals surface area (Å²) < 4.78 is 0. The highest BCUT2D eigenvalue weighted by atomic mass is 14.2. The van der Waals surface area contributed by atoms with Crippen molar-refractivity contribution in [2.45, 2.75) is 13.8 Å². The molecule has 1 radical (unpaired) electrons. The second-order valence-electron chi connectivity index (χ2n) is 5.98. The van der Waals surface area contributed by atoms with Crippen molar-refractivity contribution in [2.75, 3.05) is 0 Å². The third kappa shape index (κ3) is 1.53. The summed E-state index contributed by atoms with van der Waals surface area (Å²) in [5.74, 6) is 0. The summed E-state index contributed by atoms with van der Waals surface area (Å²) in [6.45, 7) is 4.48. The minimum atomic E-state index is 0.146. The van der Waals surface area contributed by atoms with Crippen LogP contribution >= 0.6 is 0 Å². The highest BCUT2D eigenvalue weighted by molar-refractivity contribution is 5.94. The van der Waals surface area contributed by atoms with Crippen LogP contribution in [0.5, 0.6) is 0 Å². The van der Waals surface area contributed by atoms with E-state index in [0.29, 0.717) is 0 Å². The Labute approximate surface area is 113 Å². The number of hydrogen-bond acceptors (Lipinski definition) is 0. The molecule has 0 heterocycles. The first-order valence-corrected chi connectivity index (χ1v) is 6.72. The molecular formula is C19H15. The van der Waals surface area contributed by atoms with Gasteiger partial charge in [0, 0.05) is 5.41 Å². The molecule has 0 unspecified atom stereocenters. The Hall–Kier alpha value is -2.08. The third-order valence-corrected chi connectivity index (χ3v) is 3.98. The van der Waals surface area contributed by atoms with Crippen LogP contribution in [-0.4, -0.2) is 0 Å². The SMILES string of the molecule is CC1(C)C=CC2=c3[c]cc4ccccc4c3=CC2=C1. The largest absolute Gasteiger partial charge is 0.0744 e. The maximum atomic E-state index is 3.46. The molecular weight excluding hydrogens is 228 g/mol. The van der Waals surface area contributed by atoms with Gasteiger partial charge in [-0.05, 0) is 50.6 Å². The Kier molecular flexibility index (Phi) is 1.98. The standard InChI is InChI=1S/C19H15/c1-19(2)10-9-16-14(12-19)11-18-15-6-4-3-5-13(15)7-8-17(16)18/h3-7,9-12H,1-2H3. The van der Waals surface area contributed by atoms with E-state index < -0.39 is 0 Å². The number of fused-ring (bicyclic) bond motifs is 4. The summed E-state index contributed by atoms with van der Waals surface area (Å²) in [6.07, 6.45) is 9.19. The summed E-state index contributed by atoms with van der Waals surface area (Å²) in [5.41, 5.74) is 2.81. The van der Waals surface area contributed by atoms with Gasteiger partial charge in [0.05, 0.1) is 0 Å². The van der Waals surface area contributed by atoms with Gasteiger partial charge in [-0.2, -0.15) is 0 Å². The molecule has 91 valence electrons. The molecule has 0 bridgehead atoms. The van der Waals surface area contributed by atoms with E-state index in [0.717, 1.165) is 0 Å². The first-order chi connectivity index (χ1) is 9.14. The van der Waals surface area contributed by atoms with E-state index in [1.807, 2.05) is 0 Å². The van der Waals surface area contributed by atoms with E-state index in [1.54, 1.807) is 0 Å². The van der Waals surface area contributed by atoms with Crippen LogP contribution in [0.2, 0.25) is 0 Å². The van der Waals surface area contributed by atoms with Gasteiger partial charge in [0.2, 0.25) is 0 Å². The molecule has 2 aliphatic carbocycles. The van der Waals surface area contributed by atoms with Crippen molar-refractivity contribution in [2.24, 2.45) is 5.41 Å². The molecule has 2 aromatic rings. The van der Waals surface area contributed by atoms with E-state index in [2.05, 4.69) is 74.5 Å². The van der Waals surface area contributed by atoms with Crippen molar-refractivity contribution in [3.05, 3.63) is 70.6 Å². The van der Waals surface area contributed by atoms with E-state index in [9.17, 15) is 0 Å². The lowest BCUT2D eigenvalue weighted by Crippen LogP contribution is -2.23. The number of hydrogen-bond donors (Lipinski definition) is 0. The Bertz CT molecular complexity index is 874. The zero-order valence-corrected chi connectivity index (χ0v) is 11.2. The summed E-state index contributed by atoms with van der Waals surface area (Å²) >= 11 is 0. The van der Waals surface area contributed by atoms with Crippen molar-refractivity contribution in [1.29, 1.82) is 0 Å². The molecule has 0 aromatic heterocycles. The van der Waals surface area contributed by atoms with Gasteiger partial charge < -0.3 is 0 Å². The van der Waals surface area contributed by atoms with Crippen LogP contribution in [-0.2, 0) is 0 Å². The smallest absolute Gasteiger partial charge is 0.00169 e. The number of benzene rings is 2. The van der Waals surface area contributed by atoms with Gasteiger partial charge in [-0.25, -0.2) is 0 Å². The molecule has 0 saturated carbocycles. The van der Waals surface area contributed by atoms with Gasteiger partial charge in [0.1, 0.15) is 0 Å². The highest BCUT2D eigenvalue weighted by Gasteiger charge is 2.20. The molecule has 0 nitrogen and oxygen atoms in total. The van der Waals surface area contributed by atoms with Crippen molar-refractivity contribution in [1.82, 2.24) is 0 Å². The van der Waals surface area contributed by atoms with E-state index in [-0.39, 0.29) is 5.41 Å². The zero-order valence-electron chi connectivity index (χ0n) is 11.2. The fourth-order valence-electron chi connectivity index (χ4n) is 3.03. The molecule has 0 fully saturated rings. The second kappa shape index (κ2) is 3.48. The molecule has 0 amide bonds. The molecule has 0 heteroatoms. The second-order valence-corrected chi connectivity index (χ2v) is 5.98. The highest BCUT2D eigenvalue weighted by Crippen LogP contribution is 2.32. The molecule has 0 spiro atoms. The van der Waals surface area contributed by atoms with Gasteiger partial charge >= 0.3 is 0 Å². The lowest BCUT2D eigenvalue weighted by atomic mass is 9.84. The minimum absolute atomic E-state index is 0.146. The predicted octanol–water partition coefficient (Wildman–Crippen LogP) is 3.11. The average molecular weight is 243 g/mol. The Morgan fingerprint density at radius 1 is 1.11 bits per heavy atom. The lowest BCUT2D eigenvalue weighted by Gasteiger charge is -2.21. The van der Waals surface area contributed by atoms with Gasteiger partial charge in [-0.3, -0.25) is 0 Å². The average Bonchev–Trinajstić information content (AvgIpc) is 2.75. The summed E-state index contributed by atoms with van der Waals surface area (Å²) in [6, 6.07) is 14.1. The van der Waals surface area contributed by atoms with Crippen molar-refractivity contribution in [3.8, 4) is 0 Å². The van der Waals surface area contributed by atoms with Crippen LogP contribution in [0, 0.1) is 11.5 Å². The topological polar surface area (TPSA) is 0 Å². The maximum absolute atomic E-state index is 3.46. The molecule has 0 saturated heterocycles. The van der Waals surface area contributed by atoms with Crippen LogP contribution in [0.4, 0.5) is 0 Å². The van der Waals surface area contributed by atoms with Crippen LogP contribution in [0.3, 0.4) is 0 Å². The van der Waals surface area contributed by atoms with Crippen LogP contribution in [0.15, 0.2) is 54.1 Å². The summed E-state index contributed by atoms with van der Waals surface area (Å²) in [4.78, 5) is 0. The fourth-order valence-corrected chi connectivity index (χ4v) is 3.03. The van der Waals surface area contributed by atoms with Crippen molar-refractivity contribution < 1.29 is 0 Å². The predicted molar refractivity (Wildman–Crippen MR) is 80.9 cm³/mol. The quantitative estimate of drug-likeness (QED) is 0.667. The maximum Gasteiger partial charge on any atom is 0.00169 e. The molecule has 2 aliphatic rings. The molecule has 19 heavy (non-hydrogen) atoms. The molecule has 0 N–H and O–H groups in total. The van der Waals surface area contributed by atoms with Crippen LogP contribution in [0.1, 0.15) is 13.8 Å². The van der Waals surface area contributed by atoms with E-state index >= 15 is 0 Å². The third-order valence-electron chi connectivity index (χ3n) is 3.98. The fraction of sp³-hybridized carbons (Fsp3) is 0.158. The van der Waals surface area contributed by atoms with Gasteiger partial charge in [-0.1, -0.05) is 56.3 Å². The van der Waals surface area contributed by atoms with Crippen LogP contribution < -0.4 is 10.4 Å². The molecule has 0 atom stereocenters. The van der Waals surface area contributed by atoms with Gasteiger partial charge in [0.15, 0.2) is 0 Å². The number of allylic oxidation sites excluding steroid dienone is 4. The van der Waals surface area contributed by atoms with Gasteiger partial charge in [-0.15, -0.1) is 0 Å². The van der Waals surface area contributed by atoms with E-state index in [4.69, 9.17) is 0 Å². The first-order valence-electron chi connectivity index (χ1n) is 6.72. The van der Waals surface area contributed by atoms with Crippen LogP contribution in [0.25, 0.3) is 22.4 Å². The minimum Gasteiger partial charge on any atom is -0.0744 e. The Balaban J connectivity index is 2.17. The summed E-state index contributed by atoms with van der Waals surface area (Å²) in [5, 5.41) is 5.16. The first kappa shape index (κ1) is 10.8. The normalized spacial score (nSPS) is 18.8. The summed E-state index contributed by atoms with van der Waals surface area (Å²) in [7, 11) is 0.